The molecule has 8 heteroatoms. The highest BCUT2D eigenvalue weighted by atomic mass is 35.5. The van der Waals surface area contributed by atoms with E-state index in [4.69, 9.17) is 32.7 Å². The van der Waals surface area contributed by atoms with Crippen molar-refractivity contribution in [1.82, 2.24) is 5.32 Å². The first kappa shape index (κ1) is 18.4. The zero-order valence-corrected chi connectivity index (χ0v) is 15.4. The number of hydrogen-bond acceptors (Lipinski definition) is 4. The molecule has 1 fully saturated rings. The molecular formula is C18H16Cl2N2O4. The van der Waals surface area contributed by atoms with Gasteiger partial charge >= 0.3 is 6.09 Å². The van der Waals surface area contributed by atoms with Gasteiger partial charge in [0.25, 0.3) is 5.91 Å². The second-order valence-corrected chi connectivity index (χ2v) is 6.44. The molecule has 1 aliphatic heterocycles. The molecule has 2 aromatic rings. The highest BCUT2D eigenvalue weighted by Crippen LogP contribution is 2.31. The van der Waals surface area contributed by atoms with E-state index in [9.17, 15) is 9.59 Å². The Balaban J connectivity index is 1.62. The lowest BCUT2D eigenvalue weighted by atomic mass is 10.2. The summed E-state index contributed by atoms with van der Waals surface area (Å²) >= 11 is 12.1. The maximum atomic E-state index is 12.2. The molecule has 0 bridgehead atoms. The van der Waals surface area contributed by atoms with E-state index in [1.54, 1.807) is 42.5 Å². The fourth-order valence-electron chi connectivity index (χ4n) is 2.61. The van der Waals surface area contributed by atoms with E-state index in [2.05, 4.69) is 5.32 Å². The molecule has 0 saturated carbocycles. The van der Waals surface area contributed by atoms with Crippen molar-refractivity contribution < 1.29 is 19.1 Å². The van der Waals surface area contributed by atoms with Crippen LogP contribution in [0.15, 0.2) is 42.5 Å². The van der Waals surface area contributed by atoms with Crippen molar-refractivity contribution in [2.45, 2.75) is 6.10 Å². The summed E-state index contributed by atoms with van der Waals surface area (Å²) in [6.45, 7) is 0.473. The maximum absolute atomic E-state index is 12.2. The number of ether oxygens (including phenoxy) is 2. The molecule has 1 aliphatic rings. The molecule has 6 nitrogen and oxygen atoms in total. The van der Waals surface area contributed by atoms with E-state index in [-0.39, 0.29) is 12.5 Å². The number of nitrogens with one attached hydrogen (secondary N) is 1. The Kier molecular flexibility index (Phi) is 5.54. The van der Waals surface area contributed by atoms with Gasteiger partial charge in [0.15, 0.2) is 0 Å². The molecule has 1 N–H and O–H groups in total. The number of carbonyl (C=O) groups is 2. The number of carbonyl (C=O) groups excluding carboxylic acids is 2. The molecule has 1 heterocycles. The van der Waals surface area contributed by atoms with Gasteiger partial charge in [-0.1, -0.05) is 35.3 Å². The quantitative estimate of drug-likeness (QED) is 0.837. The summed E-state index contributed by atoms with van der Waals surface area (Å²) in [6, 6.07) is 11.8. The first-order valence-electron chi connectivity index (χ1n) is 7.84. The SMILES string of the molecule is COc1ccc(N2CC(CNC(=O)c3ccccc3Cl)OC2=O)cc1Cl. The van der Waals surface area contributed by atoms with E-state index in [1.807, 2.05) is 0 Å². The number of nitrogens with zero attached hydrogens (tertiary/aromatic N) is 1. The number of rotatable bonds is 5. The van der Waals surface area contributed by atoms with Crippen molar-refractivity contribution in [3.63, 3.8) is 0 Å². The number of halogens is 2. The lowest BCUT2D eigenvalue weighted by molar-refractivity contribution is 0.0916. The number of amides is 2. The minimum Gasteiger partial charge on any atom is -0.495 e. The molecule has 0 aromatic heterocycles. The summed E-state index contributed by atoms with van der Waals surface area (Å²) in [4.78, 5) is 25.8. The summed E-state index contributed by atoms with van der Waals surface area (Å²) < 4.78 is 10.4. The second kappa shape index (κ2) is 7.85. The van der Waals surface area contributed by atoms with Gasteiger partial charge in [0.2, 0.25) is 0 Å². The fourth-order valence-corrected chi connectivity index (χ4v) is 3.08. The van der Waals surface area contributed by atoms with Crippen LogP contribution < -0.4 is 15.0 Å². The van der Waals surface area contributed by atoms with Gasteiger partial charge in [-0.25, -0.2) is 4.79 Å². The van der Waals surface area contributed by atoms with Crippen LogP contribution in [0.25, 0.3) is 0 Å². The molecule has 1 unspecified atom stereocenters. The normalized spacial score (nSPS) is 16.3. The van der Waals surface area contributed by atoms with Crippen molar-refractivity contribution in [2.24, 2.45) is 0 Å². The molecule has 1 saturated heterocycles. The molecular weight excluding hydrogens is 379 g/mol. The number of methoxy groups -OCH3 is 1. The van der Waals surface area contributed by atoms with Crippen LogP contribution >= 0.6 is 23.2 Å². The molecule has 0 aliphatic carbocycles. The fraction of sp³-hybridized carbons (Fsp3) is 0.222. The predicted molar refractivity (Wildman–Crippen MR) is 99.4 cm³/mol. The average Bonchev–Trinajstić information content (AvgIpc) is 3.00. The van der Waals surface area contributed by atoms with Gasteiger partial charge in [-0.15, -0.1) is 0 Å². The Hall–Kier alpha value is -2.44. The first-order valence-corrected chi connectivity index (χ1v) is 8.59. The summed E-state index contributed by atoms with van der Waals surface area (Å²) in [5, 5.41) is 3.49. The first-order chi connectivity index (χ1) is 12.5. The molecule has 0 spiro atoms. The molecule has 136 valence electrons. The summed E-state index contributed by atoms with van der Waals surface area (Å²) in [7, 11) is 1.52. The van der Waals surface area contributed by atoms with Crippen LogP contribution in [0, 0.1) is 0 Å². The van der Waals surface area contributed by atoms with Gasteiger partial charge in [0.05, 0.1) is 35.8 Å². The van der Waals surface area contributed by atoms with Gasteiger partial charge < -0.3 is 14.8 Å². The summed E-state index contributed by atoms with van der Waals surface area (Å²) in [6.07, 6.45) is -0.974. The Morgan fingerprint density at radius 3 is 2.73 bits per heavy atom. The zero-order valence-electron chi connectivity index (χ0n) is 13.9. The van der Waals surface area contributed by atoms with Crippen molar-refractivity contribution in [3.05, 3.63) is 58.1 Å². The minimum absolute atomic E-state index is 0.177. The van der Waals surface area contributed by atoms with E-state index < -0.39 is 12.2 Å². The van der Waals surface area contributed by atoms with Crippen LogP contribution in [-0.4, -0.2) is 38.3 Å². The van der Waals surface area contributed by atoms with E-state index >= 15 is 0 Å². The molecule has 26 heavy (non-hydrogen) atoms. The third kappa shape index (κ3) is 3.86. The Bertz CT molecular complexity index is 844. The average molecular weight is 395 g/mol. The van der Waals surface area contributed by atoms with Gasteiger partial charge in [-0.05, 0) is 30.3 Å². The topological polar surface area (TPSA) is 67.9 Å². The number of benzene rings is 2. The molecule has 1 atom stereocenters. The smallest absolute Gasteiger partial charge is 0.414 e. The monoisotopic (exact) mass is 394 g/mol. The second-order valence-electron chi connectivity index (χ2n) is 5.63. The van der Waals surface area contributed by atoms with Gasteiger partial charge in [-0.2, -0.15) is 0 Å². The van der Waals surface area contributed by atoms with Crippen molar-refractivity contribution >= 4 is 40.9 Å². The Morgan fingerprint density at radius 1 is 1.27 bits per heavy atom. The molecule has 2 amide bonds. The van der Waals surface area contributed by atoms with Crippen LogP contribution in [0.3, 0.4) is 0 Å². The summed E-state index contributed by atoms with van der Waals surface area (Å²) in [5.41, 5.74) is 0.970. The maximum Gasteiger partial charge on any atom is 0.414 e. The van der Waals surface area contributed by atoms with Gasteiger partial charge in [-0.3, -0.25) is 9.69 Å². The molecule has 0 radical (unpaired) electrons. The van der Waals surface area contributed by atoms with Crippen LogP contribution in [0.1, 0.15) is 10.4 Å². The highest BCUT2D eigenvalue weighted by molar-refractivity contribution is 6.33. The van der Waals surface area contributed by atoms with Crippen LogP contribution in [0.2, 0.25) is 10.0 Å². The van der Waals surface area contributed by atoms with Crippen molar-refractivity contribution in [3.8, 4) is 5.75 Å². The standard InChI is InChI=1S/C18H16Cl2N2O4/c1-25-16-7-6-11(8-15(16)20)22-10-12(26-18(22)24)9-21-17(23)13-4-2-3-5-14(13)19/h2-8,12H,9-10H2,1H3,(H,21,23). The number of anilines is 1. The molecule has 3 rings (SSSR count). The van der Waals surface area contributed by atoms with E-state index in [0.717, 1.165) is 0 Å². The lowest BCUT2D eigenvalue weighted by Gasteiger charge is -2.14. The van der Waals surface area contributed by atoms with E-state index in [1.165, 1.54) is 12.0 Å². The molecule has 2 aromatic carbocycles. The minimum atomic E-state index is -0.497. The summed E-state index contributed by atoms with van der Waals surface area (Å²) in [5.74, 6) is 0.198. The predicted octanol–water partition coefficient (Wildman–Crippen LogP) is 3.76. The van der Waals surface area contributed by atoms with Crippen LogP contribution in [0.5, 0.6) is 5.75 Å². The Morgan fingerprint density at radius 2 is 2.04 bits per heavy atom. The number of hydrogen-bond donors (Lipinski definition) is 1. The number of cyclic esters (lactones) is 1. The highest BCUT2D eigenvalue weighted by Gasteiger charge is 2.33. The third-order valence-electron chi connectivity index (χ3n) is 3.93. The Labute approximate surface area is 160 Å². The van der Waals surface area contributed by atoms with Gasteiger partial charge in [0.1, 0.15) is 11.9 Å². The largest absolute Gasteiger partial charge is 0.495 e. The van der Waals surface area contributed by atoms with Crippen LogP contribution in [-0.2, 0) is 4.74 Å². The third-order valence-corrected chi connectivity index (χ3v) is 4.55. The van der Waals surface area contributed by atoms with Crippen molar-refractivity contribution in [1.29, 1.82) is 0 Å². The lowest BCUT2D eigenvalue weighted by Crippen LogP contribution is -2.34. The van der Waals surface area contributed by atoms with Crippen molar-refractivity contribution in [2.75, 3.05) is 25.1 Å². The van der Waals surface area contributed by atoms with E-state index in [0.29, 0.717) is 33.6 Å². The van der Waals surface area contributed by atoms with Crippen LogP contribution in [0.4, 0.5) is 10.5 Å². The zero-order chi connectivity index (χ0) is 18.7. The van der Waals surface area contributed by atoms with Gasteiger partial charge in [0, 0.05) is 5.69 Å².